The third-order valence-corrected chi connectivity index (χ3v) is 5.05. The van der Waals surface area contributed by atoms with Crippen LogP contribution >= 0.6 is 0 Å². The van der Waals surface area contributed by atoms with Gasteiger partial charge in [-0.2, -0.15) is 0 Å². The average Bonchev–Trinajstić information content (AvgIpc) is 2.65. The third-order valence-electron chi connectivity index (χ3n) is 5.05. The summed E-state index contributed by atoms with van der Waals surface area (Å²) >= 11 is 0. The number of ether oxygens (including phenoxy) is 4. The van der Waals surface area contributed by atoms with E-state index >= 15 is 0 Å². The van der Waals surface area contributed by atoms with Crippen molar-refractivity contribution in [2.45, 2.75) is 57.2 Å². The molecule has 0 saturated carbocycles. The second-order valence-electron chi connectivity index (χ2n) is 7.65. The second-order valence-corrected chi connectivity index (χ2v) is 7.65. The van der Waals surface area contributed by atoms with Crippen LogP contribution in [-0.4, -0.2) is 54.1 Å². The van der Waals surface area contributed by atoms with E-state index in [4.69, 9.17) is 18.9 Å². The summed E-state index contributed by atoms with van der Waals surface area (Å²) < 4.78 is 23.8. The first-order valence-corrected chi connectivity index (χ1v) is 9.41. The van der Waals surface area contributed by atoms with Crippen LogP contribution < -0.4 is 10.1 Å². The first-order valence-electron chi connectivity index (χ1n) is 9.41. The van der Waals surface area contributed by atoms with Crippen molar-refractivity contribution in [2.24, 2.45) is 0 Å². The van der Waals surface area contributed by atoms with Gasteiger partial charge < -0.3 is 29.4 Å². The summed E-state index contributed by atoms with van der Waals surface area (Å²) in [6.45, 7) is 5.21. The highest BCUT2D eigenvalue weighted by Crippen LogP contribution is 2.34. The Morgan fingerprint density at radius 1 is 1.21 bits per heavy atom. The van der Waals surface area contributed by atoms with Gasteiger partial charge in [0.05, 0.1) is 6.61 Å². The van der Waals surface area contributed by atoms with Crippen LogP contribution in [0, 0.1) is 0 Å². The van der Waals surface area contributed by atoms with Crippen molar-refractivity contribution in [3.8, 4) is 5.75 Å². The largest absolute Gasteiger partial charge is 0.462 e. The second kappa shape index (κ2) is 7.33. The summed E-state index contributed by atoms with van der Waals surface area (Å²) in [5.41, 5.74) is 0. The SMILES string of the molecule is CC(=O)N[C@@H]1[C@@H](Oc2cccc3ccccc23)O[C@@H]2COC(C)(C)O[C@@H]2[C@@H]1O. The number of hydrogen-bond acceptors (Lipinski definition) is 6. The number of aliphatic hydroxyl groups is 1. The minimum atomic E-state index is -1.01. The fourth-order valence-electron chi connectivity index (χ4n) is 3.76. The summed E-state index contributed by atoms with van der Waals surface area (Å²) in [5, 5.41) is 15.6. The van der Waals surface area contributed by atoms with Crippen molar-refractivity contribution in [3.05, 3.63) is 42.5 Å². The zero-order valence-electron chi connectivity index (χ0n) is 16.1. The van der Waals surface area contributed by atoms with E-state index < -0.39 is 36.4 Å². The van der Waals surface area contributed by atoms with Crippen molar-refractivity contribution in [1.82, 2.24) is 5.32 Å². The van der Waals surface area contributed by atoms with Crippen LogP contribution in [0.25, 0.3) is 10.8 Å². The Hall–Kier alpha value is -2.19. The van der Waals surface area contributed by atoms with E-state index in [0.29, 0.717) is 5.75 Å². The number of nitrogens with one attached hydrogen (secondary N) is 1. The molecule has 7 heteroatoms. The Bertz CT molecular complexity index is 864. The van der Waals surface area contributed by atoms with Crippen molar-refractivity contribution < 1.29 is 28.8 Å². The maximum Gasteiger partial charge on any atom is 0.223 e. The predicted octanol–water partition coefficient (Wildman–Crippen LogP) is 1.96. The van der Waals surface area contributed by atoms with Gasteiger partial charge in [0.1, 0.15) is 30.1 Å². The molecule has 2 aromatic rings. The monoisotopic (exact) mass is 387 g/mol. The van der Waals surface area contributed by atoms with E-state index in [9.17, 15) is 9.90 Å². The number of benzene rings is 2. The number of hydrogen-bond donors (Lipinski definition) is 2. The van der Waals surface area contributed by atoms with Gasteiger partial charge in [-0.25, -0.2) is 0 Å². The van der Waals surface area contributed by atoms with Crippen molar-refractivity contribution in [1.29, 1.82) is 0 Å². The van der Waals surface area contributed by atoms with Crippen LogP contribution in [0.4, 0.5) is 0 Å². The zero-order chi connectivity index (χ0) is 19.9. The van der Waals surface area contributed by atoms with Gasteiger partial charge in [0.15, 0.2) is 5.79 Å². The molecule has 150 valence electrons. The lowest BCUT2D eigenvalue weighted by atomic mass is 9.95. The van der Waals surface area contributed by atoms with Gasteiger partial charge in [-0.05, 0) is 25.3 Å². The lowest BCUT2D eigenvalue weighted by molar-refractivity contribution is -0.361. The molecule has 1 amide bonds. The topological polar surface area (TPSA) is 86.3 Å². The Balaban J connectivity index is 1.63. The molecule has 0 aromatic heterocycles. The first-order chi connectivity index (χ1) is 13.3. The minimum absolute atomic E-state index is 0.261. The minimum Gasteiger partial charge on any atom is -0.462 e. The maximum atomic E-state index is 11.8. The molecule has 2 aliphatic heterocycles. The van der Waals surface area contributed by atoms with Crippen LogP contribution in [0.15, 0.2) is 42.5 Å². The van der Waals surface area contributed by atoms with Gasteiger partial charge in [0, 0.05) is 12.3 Å². The molecule has 0 radical (unpaired) electrons. The van der Waals surface area contributed by atoms with Gasteiger partial charge in [-0.1, -0.05) is 36.4 Å². The lowest BCUT2D eigenvalue weighted by Gasteiger charge is -2.49. The highest BCUT2D eigenvalue weighted by molar-refractivity contribution is 5.88. The number of aliphatic hydroxyl groups excluding tert-OH is 1. The van der Waals surface area contributed by atoms with Gasteiger partial charge in [-0.15, -0.1) is 0 Å². The fraction of sp³-hybridized carbons (Fsp3) is 0.476. The third kappa shape index (κ3) is 3.71. The van der Waals surface area contributed by atoms with E-state index in [2.05, 4.69) is 5.32 Å². The van der Waals surface area contributed by atoms with Crippen LogP contribution in [0.1, 0.15) is 20.8 Å². The molecule has 2 N–H and O–H groups in total. The van der Waals surface area contributed by atoms with E-state index in [0.717, 1.165) is 10.8 Å². The number of rotatable bonds is 3. The lowest BCUT2D eigenvalue weighted by Crippen LogP contribution is -2.69. The highest BCUT2D eigenvalue weighted by atomic mass is 16.8. The number of carbonyl (C=O) groups is 1. The fourth-order valence-corrected chi connectivity index (χ4v) is 3.76. The van der Waals surface area contributed by atoms with Crippen LogP contribution in [0.5, 0.6) is 5.75 Å². The maximum absolute atomic E-state index is 11.8. The van der Waals surface area contributed by atoms with E-state index in [1.54, 1.807) is 13.8 Å². The Labute approximate surface area is 163 Å². The summed E-state index contributed by atoms with van der Waals surface area (Å²) in [6, 6.07) is 12.8. The normalized spacial score (nSPS) is 31.8. The van der Waals surface area contributed by atoms with Crippen LogP contribution in [0.2, 0.25) is 0 Å². The standard InChI is InChI=1S/C21H25NO6/c1-12(23)22-17-18(24)19-16(11-25-21(2,3)28-19)27-20(17)26-15-10-6-8-13-7-4-5-9-14(13)15/h4-10,16-20,24H,11H2,1-3H3,(H,22,23)/t16-,17+,18-,19+,20+/m1/s1. The zero-order valence-corrected chi connectivity index (χ0v) is 16.1. The quantitative estimate of drug-likeness (QED) is 0.837. The molecule has 0 unspecified atom stereocenters. The molecule has 0 spiro atoms. The molecular formula is C21H25NO6. The van der Waals surface area contributed by atoms with E-state index in [1.165, 1.54) is 6.92 Å². The van der Waals surface area contributed by atoms with Crippen molar-refractivity contribution in [2.75, 3.05) is 6.61 Å². The number of fused-ring (bicyclic) bond motifs is 2. The molecule has 2 aliphatic rings. The number of carbonyl (C=O) groups excluding carboxylic acids is 1. The summed E-state index contributed by atoms with van der Waals surface area (Å²) in [7, 11) is 0. The molecule has 2 fully saturated rings. The van der Waals surface area contributed by atoms with E-state index in [1.807, 2.05) is 42.5 Å². The smallest absolute Gasteiger partial charge is 0.223 e. The van der Waals surface area contributed by atoms with Gasteiger partial charge in [0.25, 0.3) is 0 Å². The molecular weight excluding hydrogens is 362 g/mol. The Morgan fingerprint density at radius 2 is 1.96 bits per heavy atom. The highest BCUT2D eigenvalue weighted by Gasteiger charge is 2.52. The molecule has 7 nitrogen and oxygen atoms in total. The van der Waals surface area contributed by atoms with Crippen LogP contribution in [-0.2, 0) is 19.0 Å². The summed E-state index contributed by atoms with van der Waals surface area (Å²) in [4.78, 5) is 11.8. The summed E-state index contributed by atoms with van der Waals surface area (Å²) in [5.74, 6) is -0.513. The molecule has 2 saturated heterocycles. The Morgan fingerprint density at radius 3 is 2.75 bits per heavy atom. The number of amides is 1. The van der Waals surface area contributed by atoms with Crippen LogP contribution in [0.3, 0.4) is 0 Å². The molecule has 28 heavy (non-hydrogen) atoms. The van der Waals surface area contributed by atoms with Gasteiger partial charge in [0.2, 0.25) is 12.2 Å². The van der Waals surface area contributed by atoms with Gasteiger partial charge >= 0.3 is 0 Å². The summed E-state index contributed by atoms with van der Waals surface area (Å²) in [6.07, 6.45) is -3.04. The van der Waals surface area contributed by atoms with Crippen molar-refractivity contribution >= 4 is 16.7 Å². The average molecular weight is 387 g/mol. The molecule has 2 aromatic carbocycles. The van der Waals surface area contributed by atoms with Crippen molar-refractivity contribution in [3.63, 3.8) is 0 Å². The van der Waals surface area contributed by atoms with E-state index in [-0.39, 0.29) is 12.5 Å². The molecule has 0 aliphatic carbocycles. The van der Waals surface area contributed by atoms with Gasteiger partial charge in [-0.3, -0.25) is 4.79 Å². The molecule has 2 heterocycles. The molecule has 0 bridgehead atoms. The first kappa shape index (κ1) is 19.1. The molecule has 5 atom stereocenters. The molecule has 4 rings (SSSR count). The predicted molar refractivity (Wildman–Crippen MR) is 102 cm³/mol. The Kier molecular flexibility index (Phi) is 5.01.